The molecule has 0 aromatic heterocycles. The average Bonchev–Trinajstić information content (AvgIpc) is 2.72. The predicted octanol–water partition coefficient (Wildman–Crippen LogP) is -0.496. The van der Waals surface area contributed by atoms with Crippen molar-refractivity contribution in [2.45, 2.75) is 38.3 Å². The number of amides is 1. The van der Waals surface area contributed by atoms with E-state index in [0.29, 0.717) is 0 Å². The summed E-state index contributed by atoms with van der Waals surface area (Å²) in [5.74, 6) is -1.30. The number of nitrogens with one attached hydrogen (secondary N) is 2. The second-order valence-corrected chi connectivity index (χ2v) is 7.68. The molecule has 0 aliphatic carbocycles. The van der Waals surface area contributed by atoms with Crippen LogP contribution >= 0.6 is 0 Å². The van der Waals surface area contributed by atoms with Gasteiger partial charge in [-0.2, -0.15) is 12.7 Å². The highest BCUT2D eigenvalue weighted by Gasteiger charge is 2.49. The number of hydrogen-bond acceptors (Lipinski definition) is 5. The van der Waals surface area contributed by atoms with Crippen molar-refractivity contribution in [3.05, 3.63) is 0 Å². The van der Waals surface area contributed by atoms with Crippen LogP contribution in [0.3, 0.4) is 0 Å². The number of carboxylic acid groups (broad SMARTS) is 1. The van der Waals surface area contributed by atoms with Crippen molar-refractivity contribution in [1.82, 2.24) is 14.3 Å². The molecule has 1 rings (SSSR count). The first-order chi connectivity index (χ1) is 9.42. The van der Waals surface area contributed by atoms with Crippen molar-refractivity contribution >= 4 is 22.3 Å². The highest BCUT2D eigenvalue weighted by Crippen LogP contribution is 2.24. The number of hydrogen-bond donors (Lipinski definition) is 3. The summed E-state index contributed by atoms with van der Waals surface area (Å²) in [6, 6.07) is 0. The van der Waals surface area contributed by atoms with E-state index in [1.807, 2.05) is 0 Å². The molecule has 1 heterocycles. The number of alkyl carbamates (subject to hydrolysis) is 1. The smallest absolute Gasteiger partial charge is 0.408 e. The molecular formula is C11H21N3O6S. The van der Waals surface area contributed by atoms with Gasteiger partial charge in [-0.3, -0.25) is 0 Å². The summed E-state index contributed by atoms with van der Waals surface area (Å²) >= 11 is 0. The summed E-state index contributed by atoms with van der Waals surface area (Å²) in [5, 5.41) is 11.6. The third-order valence-electron chi connectivity index (χ3n) is 2.98. The van der Waals surface area contributed by atoms with E-state index >= 15 is 0 Å². The molecule has 9 nitrogen and oxygen atoms in total. The Morgan fingerprint density at radius 1 is 1.33 bits per heavy atom. The first kappa shape index (κ1) is 17.7. The second kappa shape index (κ2) is 5.78. The van der Waals surface area contributed by atoms with Gasteiger partial charge >= 0.3 is 12.1 Å². The van der Waals surface area contributed by atoms with Crippen molar-refractivity contribution in [3.8, 4) is 0 Å². The van der Waals surface area contributed by atoms with E-state index in [2.05, 4.69) is 10.0 Å². The Kier molecular flexibility index (Phi) is 4.86. The molecular weight excluding hydrogens is 302 g/mol. The lowest BCUT2D eigenvalue weighted by molar-refractivity contribution is -0.144. The Morgan fingerprint density at radius 3 is 2.33 bits per heavy atom. The summed E-state index contributed by atoms with van der Waals surface area (Å²) in [6.45, 7) is 4.57. The number of nitrogens with zero attached hydrogens (tertiary/aromatic N) is 1. The fourth-order valence-corrected chi connectivity index (χ4v) is 2.92. The molecule has 1 atom stereocenters. The maximum absolute atomic E-state index is 11.8. The minimum Gasteiger partial charge on any atom is -0.479 e. The van der Waals surface area contributed by atoms with Gasteiger partial charge in [0.2, 0.25) is 0 Å². The van der Waals surface area contributed by atoms with Crippen LogP contribution in [0.2, 0.25) is 0 Å². The topological polar surface area (TPSA) is 125 Å². The molecule has 10 heteroatoms. The van der Waals surface area contributed by atoms with Gasteiger partial charge < -0.3 is 15.2 Å². The second-order valence-electron chi connectivity index (χ2n) is 5.81. The maximum atomic E-state index is 11.8. The maximum Gasteiger partial charge on any atom is 0.408 e. The van der Waals surface area contributed by atoms with Crippen LogP contribution in [-0.2, 0) is 19.7 Å². The summed E-state index contributed by atoms with van der Waals surface area (Å²) < 4.78 is 31.5. The largest absolute Gasteiger partial charge is 0.479 e. The molecule has 1 amide bonds. The van der Waals surface area contributed by atoms with Gasteiger partial charge in [0.25, 0.3) is 10.2 Å². The quantitative estimate of drug-likeness (QED) is 0.641. The van der Waals surface area contributed by atoms with Crippen LogP contribution in [0.1, 0.15) is 27.2 Å². The van der Waals surface area contributed by atoms with Gasteiger partial charge in [0, 0.05) is 20.1 Å². The van der Waals surface area contributed by atoms with Gasteiger partial charge in [0.15, 0.2) is 5.54 Å². The summed E-state index contributed by atoms with van der Waals surface area (Å²) in [6.07, 6.45) is -0.934. The lowest BCUT2D eigenvalue weighted by atomic mass is 9.99. The monoisotopic (exact) mass is 323 g/mol. The van der Waals surface area contributed by atoms with Crippen LogP contribution in [0.15, 0.2) is 0 Å². The van der Waals surface area contributed by atoms with Crippen LogP contribution in [0, 0.1) is 0 Å². The van der Waals surface area contributed by atoms with Crippen molar-refractivity contribution < 1.29 is 27.9 Å². The van der Waals surface area contributed by atoms with Crippen molar-refractivity contribution in [2.75, 3.05) is 20.1 Å². The number of carboxylic acids is 1. The van der Waals surface area contributed by atoms with Gasteiger partial charge in [0.1, 0.15) is 5.60 Å². The lowest BCUT2D eigenvalue weighted by Gasteiger charge is -2.28. The fraction of sp³-hybridized carbons (Fsp3) is 0.818. The Hall–Kier alpha value is -1.39. The van der Waals surface area contributed by atoms with Crippen LogP contribution in [-0.4, -0.2) is 61.2 Å². The molecule has 1 fully saturated rings. The van der Waals surface area contributed by atoms with E-state index in [0.717, 1.165) is 4.31 Å². The molecule has 0 spiro atoms. The normalized spacial score (nSPS) is 23.8. The molecule has 0 radical (unpaired) electrons. The molecule has 122 valence electrons. The molecule has 21 heavy (non-hydrogen) atoms. The summed E-state index contributed by atoms with van der Waals surface area (Å²) in [4.78, 5) is 23.2. The first-order valence-corrected chi connectivity index (χ1v) is 7.79. The van der Waals surface area contributed by atoms with E-state index in [1.165, 1.54) is 7.05 Å². The standard InChI is InChI=1S/C11H21N3O6S/c1-10(2,3)20-9(17)13-11(8(15)16)5-6-14(7-11)21(18,19)12-4/h12H,5-7H2,1-4H3,(H,13,17)(H,15,16). The highest BCUT2D eigenvalue weighted by molar-refractivity contribution is 7.87. The minimum absolute atomic E-state index is 0.00866. The summed E-state index contributed by atoms with van der Waals surface area (Å²) in [7, 11) is -2.51. The predicted molar refractivity (Wildman–Crippen MR) is 73.9 cm³/mol. The van der Waals surface area contributed by atoms with E-state index in [-0.39, 0.29) is 19.5 Å². The Labute approximate surface area is 123 Å². The molecule has 1 saturated heterocycles. The van der Waals surface area contributed by atoms with Crippen LogP contribution < -0.4 is 10.0 Å². The Balaban J connectivity index is 2.89. The summed E-state index contributed by atoms with van der Waals surface area (Å²) in [5.41, 5.74) is -2.47. The molecule has 0 aromatic rings. The van der Waals surface area contributed by atoms with E-state index in [4.69, 9.17) is 4.74 Å². The Morgan fingerprint density at radius 2 is 1.90 bits per heavy atom. The van der Waals surface area contributed by atoms with Crippen molar-refractivity contribution in [2.24, 2.45) is 0 Å². The first-order valence-electron chi connectivity index (χ1n) is 6.35. The molecule has 0 saturated carbocycles. The molecule has 3 N–H and O–H groups in total. The fourth-order valence-electron chi connectivity index (χ4n) is 1.94. The number of rotatable bonds is 4. The molecule has 0 bridgehead atoms. The molecule has 1 aliphatic rings. The van der Waals surface area contributed by atoms with Crippen LogP contribution in [0.5, 0.6) is 0 Å². The van der Waals surface area contributed by atoms with Gasteiger partial charge in [-0.15, -0.1) is 0 Å². The van der Waals surface area contributed by atoms with E-state index < -0.39 is 33.4 Å². The zero-order valence-corrected chi connectivity index (χ0v) is 13.3. The Bertz CT molecular complexity index is 527. The average molecular weight is 323 g/mol. The molecule has 1 aliphatic heterocycles. The van der Waals surface area contributed by atoms with Crippen molar-refractivity contribution in [1.29, 1.82) is 0 Å². The van der Waals surface area contributed by atoms with Crippen LogP contribution in [0.4, 0.5) is 4.79 Å². The van der Waals surface area contributed by atoms with Gasteiger partial charge in [-0.25, -0.2) is 14.3 Å². The highest BCUT2D eigenvalue weighted by atomic mass is 32.2. The zero-order chi connectivity index (χ0) is 16.5. The number of carbonyl (C=O) groups excluding carboxylic acids is 1. The third-order valence-corrected chi connectivity index (χ3v) is 4.49. The SMILES string of the molecule is CNS(=O)(=O)N1CCC(NC(=O)OC(C)(C)C)(C(=O)O)C1. The number of aliphatic carboxylic acids is 1. The number of carbonyl (C=O) groups is 2. The van der Waals surface area contributed by atoms with E-state index in [9.17, 15) is 23.1 Å². The molecule has 0 aromatic carbocycles. The zero-order valence-electron chi connectivity index (χ0n) is 12.5. The third kappa shape index (κ3) is 4.29. The van der Waals surface area contributed by atoms with Crippen molar-refractivity contribution in [3.63, 3.8) is 0 Å². The lowest BCUT2D eigenvalue weighted by Crippen LogP contribution is -2.57. The number of ether oxygens (including phenoxy) is 1. The van der Waals surface area contributed by atoms with Gasteiger partial charge in [0.05, 0.1) is 0 Å². The minimum atomic E-state index is -3.75. The van der Waals surface area contributed by atoms with Gasteiger partial charge in [-0.1, -0.05) is 0 Å². The molecule has 1 unspecified atom stereocenters. The van der Waals surface area contributed by atoms with Gasteiger partial charge in [-0.05, 0) is 27.2 Å². The van der Waals surface area contributed by atoms with Crippen LogP contribution in [0.25, 0.3) is 0 Å². The van der Waals surface area contributed by atoms with E-state index in [1.54, 1.807) is 20.8 Å².